The average molecular weight is 580 g/mol. The average Bonchev–Trinajstić information content (AvgIpc) is 3.22. The van der Waals surface area contributed by atoms with Crippen LogP contribution in [-0.2, 0) is 14.9 Å². The SMILES string of the molecule is COC(=O)C(C)c1ccc(N2CCN(C(=O)c3ccc4c(n3)C(C)(C)CN4c3ccc(Cl)c(F)c3)C(C)(C)C2)nc1. The molecule has 8 nitrogen and oxygen atoms in total. The van der Waals surface area contributed by atoms with E-state index in [-0.39, 0.29) is 22.3 Å². The molecule has 1 unspecified atom stereocenters. The van der Waals surface area contributed by atoms with Crippen molar-refractivity contribution in [3.05, 3.63) is 76.5 Å². The van der Waals surface area contributed by atoms with Gasteiger partial charge in [-0.05, 0) is 62.7 Å². The summed E-state index contributed by atoms with van der Waals surface area (Å²) in [5, 5.41) is 0.0789. The number of hydrogen-bond donors (Lipinski definition) is 0. The van der Waals surface area contributed by atoms with Crippen molar-refractivity contribution in [3.8, 4) is 0 Å². The standard InChI is InChI=1S/C31H35ClFN5O3/c1-19(29(40)41-6)20-7-12-26(34-16-20)36-13-14-38(31(4,5)18-36)28(39)24-10-11-25-27(35-24)30(2,3)17-37(25)21-8-9-22(32)23(33)15-21/h7-12,15-16,19H,13-14,17-18H2,1-6H3. The molecule has 4 heterocycles. The molecule has 10 heteroatoms. The molecule has 3 aromatic rings. The molecule has 0 N–H and O–H groups in total. The van der Waals surface area contributed by atoms with Gasteiger partial charge < -0.3 is 19.4 Å². The number of nitrogens with zero attached hydrogens (tertiary/aromatic N) is 5. The molecular formula is C31H35ClFN5O3. The van der Waals surface area contributed by atoms with E-state index in [4.69, 9.17) is 21.3 Å². The van der Waals surface area contributed by atoms with Crippen LogP contribution in [0.15, 0.2) is 48.7 Å². The van der Waals surface area contributed by atoms with Gasteiger partial charge >= 0.3 is 5.97 Å². The minimum atomic E-state index is -0.488. The number of anilines is 3. The van der Waals surface area contributed by atoms with Gasteiger partial charge in [-0.15, -0.1) is 0 Å². The lowest BCUT2D eigenvalue weighted by Crippen LogP contribution is -2.61. The number of amides is 1. The number of aromatic nitrogens is 2. The molecule has 0 bridgehead atoms. The molecule has 1 atom stereocenters. The fourth-order valence-electron chi connectivity index (χ4n) is 5.74. The van der Waals surface area contributed by atoms with Crippen LogP contribution < -0.4 is 9.80 Å². The van der Waals surface area contributed by atoms with E-state index in [1.165, 1.54) is 13.2 Å². The van der Waals surface area contributed by atoms with Gasteiger partial charge in [0.15, 0.2) is 0 Å². The van der Waals surface area contributed by atoms with Gasteiger partial charge in [0.05, 0.1) is 35.0 Å². The summed E-state index contributed by atoms with van der Waals surface area (Å²) in [6.45, 7) is 12.3. The van der Waals surface area contributed by atoms with Crippen molar-refractivity contribution in [1.82, 2.24) is 14.9 Å². The van der Waals surface area contributed by atoms with Gasteiger partial charge in [0.25, 0.3) is 5.91 Å². The van der Waals surface area contributed by atoms with E-state index in [1.807, 2.05) is 41.8 Å². The van der Waals surface area contributed by atoms with Crippen LogP contribution in [0.25, 0.3) is 0 Å². The Morgan fingerprint density at radius 2 is 1.80 bits per heavy atom. The molecule has 1 saturated heterocycles. The zero-order chi connectivity index (χ0) is 29.7. The van der Waals surface area contributed by atoms with Crippen molar-refractivity contribution >= 4 is 40.7 Å². The third kappa shape index (κ3) is 5.35. The normalized spacial score (nSPS) is 18.2. The summed E-state index contributed by atoms with van der Waals surface area (Å²) in [4.78, 5) is 41.2. The molecule has 216 valence electrons. The number of methoxy groups -OCH3 is 1. The first kappa shape index (κ1) is 28.8. The number of carbonyl (C=O) groups is 2. The highest BCUT2D eigenvalue weighted by Gasteiger charge is 2.41. The van der Waals surface area contributed by atoms with E-state index >= 15 is 0 Å². The number of benzene rings is 1. The van der Waals surface area contributed by atoms with Gasteiger partial charge in [-0.3, -0.25) is 9.59 Å². The first-order chi connectivity index (χ1) is 19.3. The summed E-state index contributed by atoms with van der Waals surface area (Å²) in [7, 11) is 1.38. The zero-order valence-corrected chi connectivity index (χ0v) is 25.0. The van der Waals surface area contributed by atoms with Gasteiger partial charge in [-0.2, -0.15) is 0 Å². The molecule has 0 aliphatic carbocycles. The smallest absolute Gasteiger partial charge is 0.312 e. The largest absolute Gasteiger partial charge is 0.469 e. The van der Waals surface area contributed by atoms with Crippen LogP contribution in [0.4, 0.5) is 21.6 Å². The Bertz CT molecular complexity index is 1490. The molecule has 2 aliphatic heterocycles. The Morgan fingerprint density at radius 1 is 1.05 bits per heavy atom. The number of ether oxygens (including phenoxy) is 1. The summed E-state index contributed by atoms with van der Waals surface area (Å²) in [6.07, 6.45) is 1.71. The predicted octanol–water partition coefficient (Wildman–Crippen LogP) is 5.72. The van der Waals surface area contributed by atoms with Crippen LogP contribution in [0.5, 0.6) is 0 Å². The Labute approximate surface area is 245 Å². The van der Waals surface area contributed by atoms with Crippen LogP contribution in [0.3, 0.4) is 0 Å². The Morgan fingerprint density at radius 3 is 2.44 bits per heavy atom. The highest BCUT2D eigenvalue weighted by molar-refractivity contribution is 6.30. The molecule has 2 aromatic heterocycles. The first-order valence-electron chi connectivity index (χ1n) is 13.7. The Hall–Kier alpha value is -3.72. The van der Waals surface area contributed by atoms with E-state index in [2.05, 4.69) is 23.7 Å². The highest BCUT2D eigenvalue weighted by atomic mass is 35.5. The van der Waals surface area contributed by atoms with Gasteiger partial charge in [0.2, 0.25) is 0 Å². The van der Waals surface area contributed by atoms with Gasteiger partial charge in [-0.1, -0.05) is 31.5 Å². The number of carbonyl (C=O) groups excluding carboxylic acids is 2. The molecule has 41 heavy (non-hydrogen) atoms. The predicted molar refractivity (Wildman–Crippen MR) is 158 cm³/mol. The van der Waals surface area contributed by atoms with Crippen molar-refractivity contribution < 1.29 is 18.7 Å². The summed E-state index contributed by atoms with van der Waals surface area (Å²) in [5.74, 6) is -0.500. The molecule has 1 fully saturated rings. The lowest BCUT2D eigenvalue weighted by molar-refractivity contribution is -0.142. The fourth-order valence-corrected chi connectivity index (χ4v) is 5.86. The fraction of sp³-hybridized carbons (Fsp3) is 0.419. The first-order valence-corrected chi connectivity index (χ1v) is 14.0. The molecule has 2 aliphatic rings. The second-order valence-corrected chi connectivity index (χ2v) is 12.4. The molecule has 1 amide bonds. The minimum absolute atomic E-state index is 0.0789. The molecule has 0 radical (unpaired) electrons. The van der Waals surface area contributed by atoms with Crippen molar-refractivity contribution in [2.75, 3.05) is 43.1 Å². The molecule has 0 saturated carbocycles. The minimum Gasteiger partial charge on any atom is -0.469 e. The van der Waals surface area contributed by atoms with Crippen LogP contribution in [0, 0.1) is 5.82 Å². The zero-order valence-electron chi connectivity index (χ0n) is 24.2. The van der Waals surface area contributed by atoms with E-state index in [0.29, 0.717) is 37.6 Å². The second-order valence-electron chi connectivity index (χ2n) is 12.0. The van der Waals surface area contributed by atoms with Gasteiger partial charge in [-0.25, -0.2) is 14.4 Å². The molecule has 1 aromatic carbocycles. The van der Waals surface area contributed by atoms with E-state index in [1.54, 1.807) is 31.3 Å². The van der Waals surface area contributed by atoms with Crippen molar-refractivity contribution in [3.63, 3.8) is 0 Å². The number of piperazine rings is 1. The third-order valence-corrected chi connectivity index (χ3v) is 8.40. The lowest BCUT2D eigenvalue weighted by Gasteiger charge is -2.47. The number of rotatable bonds is 5. The number of halogens is 2. The van der Waals surface area contributed by atoms with Crippen LogP contribution >= 0.6 is 11.6 Å². The van der Waals surface area contributed by atoms with E-state index in [0.717, 1.165) is 22.8 Å². The molecule has 0 spiro atoms. The Balaban J connectivity index is 1.34. The molecular weight excluding hydrogens is 545 g/mol. The number of fused-ring (bicyclic) bond motifs is 1. The van der Waals surface area contributed by atoms with Gasteiger partial charge in [0, 0.05) is 43.5 Å². The molecule has 5 rings (SSSR count). The Kier molecular flexibility index (Phi) is 7.44. The summed E-state index contributed by atoms with van der Waals surface area (Å²) in [5.41, 5.74) is 2.70. The van der Waals surface area contributed by atoms with Crippen molar-refractivity contribution in [2.45, 2.75) is 51.5 Å². The maximum atomic E-state index is 14.2. The summed E-state index contributed by atoms with van der Waals surface area (Å²) < 4.78 is 19.1. The van der Waals surface area contributed by atoms with Crippen molar-refractivity contribution in [1.29, 1.82) is 0 Å². The van der Waals surface area contributed by atoms with Gasteiger partial charge in [0.1, 0.15) is 17.3 Å². The van der Waals surface area contributed by atoms with Crippen LogP contribution in [-0.4, -0.2) is 65.6 Å². The summed E-state index contributed by atoms with van der Waals surface area (Å²) in [6, 6.07) is 12.2. The maximum absolute atomic E-state index is 14.2. The maximum Gasteiger partial charge on any atom is 0.312 e. The number of hydrogen-bond acceptors (Lipinski definition) is 7. The monoisotopic (exact) mass is 579 g/mol. The van der Waals surface area contributed by atoms with Crippen LogP contribution in [0.1, 0.15) is 62.3 Å². The second kappa shape index (κ2) is 10.6. The quantitative estimate of drug-likeness (QED) is 0.358. The third-order valence-electron chi connectivity index (χ3n) is 8.09. The van der Waals surface area contributed by atoms with E-state index in [9.17, 15) is 14.0 Å². The topological polar surface area (TPSA) is 78.9 Å². The van der Waals surface area contributed by atoms with E-state index < -0.39 is 17.3 Å². The number of pyridine rings is 2. The number of esters is 1. The highest BCUT2D eigenvalue weighted by Crippen LogP contribution is 2.44. The lowest BCUT2D eigenvalue weighted by atomic mass is 9.91. The van der Waals surface area contributed by atoms with Crippen LogP contribution in [0.2, 0.25) is 5.02 Å². The summed E-state index contributed by atoms with van der Waals surface area (Å²) >= 11 is 5.90. The van der Waals surface area contributed by atoms with Crippen molar-refractivity contribution in [2.24, 2.45) is 0 Å².